The van der Waals surface area contributed by atoms with Crippen LogP contribution in [0.2, 0.25) is 0 Å². The molecule has 3 heterocycles. The molecule has 0 bridgehead atoms. The Morgan fingerprint density at radius 1 is 1.20 bits per heavy atom. The monoisotopic (exact) mass is 353 g/mol. The molecular weight excluding hydrogens is 334 g/mol. The van der Waals surface area contributed by atoms with E-state index in [9.17, 15) is 4.79 Å². The van der Waals surface area contributed by atoms with E-state index in [1.54, 1.807) is 0 Å². The van der Waals surface area contributed by atoms with Crippen LogP contribution in [0.1, 0.15) is 17.8 Å². The fourth-order valence-electron chi connectivity index (χ4n) is 3.02. The van der Waals surface area contributed by atoms with Gasteiger partial charge in [0.05, 0.1) is 17.8 Å². The number of aliphatic imine (C=N–C) groups is 1. The van der Waals surface area contributed by atoms with Gasteiger partial charge in [0.1, 0.15) is 10.7 Å². The lowest BCUT2D eigenvalue weighted by Crippen LogP contribution is -2.40. The molecule has 1 amide bonds. The van der Waals surface area contributed by atoms with Crippen LogP contribution in [0.3, 0.4) is 0 Å². The normalized spacial score (nSPS) is 17.9. The number of amides is 1. The van der Waals surface area contributed by atoms with Crippen LogP contribution in [0.4, 0.5) is 0 Å². The lowest BCUT2D eigenvalue weighted by atomic mass is 10.1. The predicted octanol–water partition coefficient (Wildman–Crippen LogP) is 2.83. The standard InChI is InChI=1S/C19H19N3O2S/c23-18(21-14-7-10-24-11-8-14)15-6-9-20-17(15)19-22-16(12-25-19)13-4-2-1-3-5-13/h1-6,12,14H,7-11H2,(H,21,23). The van der Waals surface area contributed by atoms with E-state index in [1.165, 1.54) is 11.3 Å². The molecule has 0 aliphatic carbocycles. The van der Waals surface area contributed by atoms with Crippen LogP contribution in [0.5, 0.6) is 0 Å². The van der Waals surface area contributed by atoms with Crippen molar-refractivity contribution in [2.45, 2.75) is 18.9 Å². The minimum absolute atomic E-state index is 0.0559. The van der Waals surface area contributed by atoms with E-state index in [0.717, 1.165) is 29.1 Å². The number of benzene rings is 1. The molecule has 0 atom stereocenters. The summed E-state index contributed by atoms with van der Waals surface area (Å²) in [5.41, 5.74) is 3.33. The minimum atomic E-state index is -0.0559. The molecule has 0 spiro atoms. The van der Waals surface area contributed by atoms with E-state index in [0.29, 0.717) is 31.0 Å². The highest BCUT2D eigenvalue weighted by molar-refractivity contribution is 7.12. The van der Waals surface area contributed by atoms with Crippen molar-refractivity contribution in [3.63, 3.8) is 0 Å². The second kappa shape index (κ2) is 7.29. The van der Waals surface area contributed by atoms with Crippen molar-refractivity contribution in [3.8, 4) is 11.3 Å². The zero-order chi connectivity index (χ0) is 17.1. The molecule has 4 rings (SSSR count). The van der Waals surface area contributed by atoms with Gasteiger partial charge in [0.15, 0.2) is 0 Å². The molecule has 0 saturated carbocycles. The van der Waals surface area contributed by atoms with Crippen molar-refractivity contribution in [2.75, 3.05) is 19.8 Å². The van der Waals surface area contributed by atoms with Gasteiger partial charge in [-0.25, -0.2) is 4.98 Å². The van der Waals surface area contributed by atoms with Gasteiger partial charge in [-0.1, -0.05) is 30.3 Å². The molecule has 1 aromatic heterocycles. The largest absolute Gasteiger partial charge is 0.381 e. The van der Waals surface area contributed by atoms with Crippen LogP contribution in [-0.4, -0.2) is 42.4 Å². The van der Waals surface area contributed by atoms with Crippen LogP contribution in [0, 0.1) is 0 Å². The number of nitrogens with zero attached hydrogens (tertiary/aromatic N) is 2. The molecule has 2 aliphatic heterocycles. The van der Waals surface area contributed by atoms with Gasteiger partial charge in [0.25, 0.3) is 5.91 Å². The predicted molar refractivity (Wildman–Crippen MR) is 99.0 cm³/mol. The summed E-state index contributed by atoms with van der Waals surface area (Å²) in [6, 6.07) is 10.2. The van der Waals surface area contributed by atoms with Crippen molar-refractivity contribution < 1.29 is 9.53 Å². The summed E-state index contributed by atoms with van der Waals surface area (Å²) in [4.78, 5) is 21.8. The fourth-order valence-corrected chi connectivity index (χ4v) is 3.87. The van der Waals surface area contributed by atoms with Gasteiger partial charge in [-0.15, -0.1) is 11.3 Å². The third-order valence-corrected chi connectivity index (χ3v) is 5.23. The summed E-state index contributed by atoms with van der Waals surface area (Å²) in [5, 5.41) is 5.92. The highest BCUT2D eigenvalue weighted by atomic mass is 32.1. The van der Waals surface area contributed by atoms with E-state index in [4.69, 9.17) is 4.74 Å². The SMILES string of the molecule is O=C(NC1CCOCC1)C1=CCN=C1c1nc(-c2ccccc2)cs1. The first-order valence-corrected chi connectivity index (χ1v) is 9.34. The number of nitrogens with one attached hydrogen (secondary N) is 1. The maximum atomic E-state index is 12.6. The molecule has 6 heteroatoms. The molecule has 1 fully saturated rings. The second-order valence-electron chi connectivity index (χ2n) is 6.07. The molecule has 0 unspecified atom stereocenters. The first kappa shape index (κ1) is 16.2. The van der Waals surface area contributed by atoms with Gasteiger partial charge in [-0.2, -0.15) is 0 Å². The Balaban J connectivity index is 1.50. The van der Waals surface area contributed by atoms with Gasteiger partial charge >= 0.3 is 0 Å². The quantitative estimate of drug-likeness (QED) is 0.919. The van der Waals surface area contributed by atoms with E-state index >= 15 is 0 Å². The summed E-state index contributed by atoms with van der Waals surface area (Å²) in [6.07, 6.45) is 3.61. The molecule has 0 radical (unpaired) electrons. The Kier molecular flexibility index (Phi) is 4.72. The molecule has 5 nitrogen and oxygen atoms in total. The highest BCUT2D eigenvalue weighted by Gasteiger charge is 2.26. The van der Waals surface area contributed by atoms with Crippen LogP contribution < -0.4 is 5.32 Å². The highest BCUT2D eigenvalue weighted by Crippen LogP contribution is 2.25. The zero-order valence-electron chi connectivity index (χ0n) is 13.8. The van der Waals surface area contributed by atoms with Gasteiger partial charge in [-0.3, -0.25) is 9.79 Å². The van der Waals surface area contributed by atoms with Crippen LogP contribution in [-0.2, 0) is 9.53 Å². The van der Waals surface area contributed by atoms with Crippen LogP contribution >= 0.6 is 11.3 Å². The number of aromatic nitrogens is 1. The number of hydrogen-bond donors (Lipinski definition) is 1. The number of hydrogen-bond acceptors (Lipinski definition) is 5. The summed E-state index contributed by atoms with van der Waals surface area (Å²) in [6.45, 7) is 1.95. The average molecular weight is 353 g/mol. The molecule has 128 valence electrons. The number of ether oxygens (including phenoxy) is 1. The topological polar surface area (TPSA) is 63.6 Å². The van der Waals surface area contributed by atoms with Gasteiger partial charge < -0.3 is 10.1 Å². The van der Waals surface area contributed by atoms with Crippen LogP contribution in [0.15, 0.2) is 52.4 Å². The summed E-state index contributed by atoms with van der Waals surface area (Å²) in [5.74, 6) is -0.0559. The summed E-state index contributed by atoms with van der Waals surface area (Å²) >= 11 is 1.53. The van der Waals surface area contributed by atoms with Crippen molar-refractivity contribution in [2.24, 2.45) is 4.99 Å². The maximum absolute atomic E-state index is 12.6. The third-order valence-electron chi connectivity index (χ3n) is 4.38. The smallest absolute Gasteiger partial charge is 0.253 e. The van der Waals surface area contributed by atoms with E-state index in [2.05, 4.69) is 15.3 Å². The molecule has 2 aliphatic rings. The minimum Gasteiger partial charge on any atom is -0.381 e. The molecule has 2 aromatic rings. The third kappa shape index (κ3) is 3.55. The fraction of sp³-hybridized carbons (Fsp3) is 0.316. The number of carbonyl (C=O) groups excluding carboxylic acids is 1. The number of rotatable bonds is 4. The Labute approximate surface area is 150 Å². The van der Waals surface area contributed by atoms with Crippen molar-refractivity contribution in [1.82, 2.24) is 10.3 Å². The van der Waals surface area contributed by atoms with Crippen molar-refractivity contribution >= 4 is 23.0 Å². The Morgan fingerprint density at radius 2 is 2.00 bits per heavy atom. The lowest BCUT2D eigenvalue weighted by Gasteiger charge is -2.23. The Morgan fingerprint density at radius 3 is 2.80 bits per heavy atom. The summed E-state index contributed by atoms with van der Waals surface area (Å²) < 4.78 is 5.34. The average Bonchev–Trinajstić information content (AvgIpc) is 3.32. The molecule has 1 aromatic carbocycles. The van der Waals surface area contributed by atoms with Crippen molar-refractivity contribution in [3.05, 3.63) is 52.4 Å². The van der Waals surface area contributed by atoms with Crippen LogP contribution in [0.25, 0.3) is 11.3 Å². The van der Waals surface area contributed by atoms with Gasteiger partial charge in [0, 0.05) is 30.2 Å². The molecular formula is C19H19N3O2S. The molecule has 1 saturated heterocycles. The number of thiazole rings is 1. The Bertz CT molecular complexity index is 820. The van der Waals surface area contributed by atoms with Crippen molar-refractivity contribution in [1.29, 1.82) is 0 Å². The molecule has 1 N–H and O–H groups in total. The van der Waals surface area contributed by atoms with E-state index in [-0.39, 0.29) is 11.9 Å². The molecule has 25 heavy (non-hydrogen) atoms. The second-order valence-corrected chi connectivity index (χ2v) is 6.93. The van der Waals surface area contributed by atoms with Gasteiger partial charge in [-0.05, 0) is 18.9 Å². The Hall–Kier alpha value is -2.31. The lowest BCUT2D eigenvalue weighted by molar-refractivity contribution is -0.118. The van der Waals surface area contributed by atoms with E-state index in [1.807, 2.05) is 41.8 Å². The first-order chi connectivity index (χ1) is 12.3. The van der Waals surface area contributed by atoms with Gasteiger partial charge in [0.2, 0.25) is 0 Å². The van der Waals surface area contributed by atoms with E-state index < -0.39 is 0 Å². The first-order valence-electron chi connectivity index (χ1n) is 8.46. The maximum Gasteiger partial charge on any atom is 0.253 e. The zero-order valence-corrected chi connectivity index (χ0v) is 14.6. The summed E-state index contributed by atoms with van der Waals surface area (Å²) in [7, 11) is 0. The number of carbonyl (C=O) groups is 1.